The summed E-state index contributed by atoms with van der Waals surface area (Å²) in [6.07, 6.45) is 0. The van der Waals surface area contributed by atoms with Gasteiger partial charge in [0.05, 0.1) is 23.6 Å². The first-order valence-corrected chi connectivity index (χ1v) is 5.91. The molecule has 1 aromatic carbocycles. The van der Waals surface area contributed by atoms with Crippen molar-refractivity contribution in [1.82, 2.24) is 15.5 Å². The van der Waals surface area contributed by atoms with Gasteiger partial charge in [-0.2, -0.15) is 0 Å². The Morgan fingerprint density at radius 1 is 1.45 bits per heavy atom. The first-order valence-electron chi connectivity index (χ1n) is 5.91. The normalized spacial score (nSPS) is 12.2. The summed E-state index contributed by atoms with van der Waals surface area (Å²) in [7, 11) is 3.13. The molecule has 2 aromatic rings. The minimum Gasteiger partial charge on any atom is -0.490 e. The van der Waals surface area contributed by atoms with Gasteiger partial charge in [-0.1, -0.05) is 6.07 Å². The molecule has 20 heavy (non-hydrogen) atoms. The van der Waals surface area contributed by atoms with E-state index >= 15 is 0 Å². The Morgan fingerprint density at radius 3 is 2.80 bits per heavy atom. The summed E-state index contributed by atoms with van der Waals surface area (Å²) >= 11 is 0. The van der Waals surface area contributed by atoms with Gasteiger partial charge < -0.3 is 14.5 Å². The van der Waals surface area contributed by atoms with Crippen LogP contribution in [0.1, 0.15) is 18.9 Å². The molecule has 1 atom stereocenters. The Bertz CT molecular complexity index is 626. The zero-order valence-electron chi connectivity index (χ0n) is 11.3. The van der Waals surface area contributed by atoms with Crippen LogP contribution in [0.15, 0.2) is 22.6 Å². The number of hydrogen-bond acceptors (Lipinski definition) is 7. The van der Waals surface area contributed by atoms with Gasteiger partial charge in [0.2, 0.25) is 11.6 Å². The molecule has 1 unspecified atom stereocenters. The van der Waals surface area contributed by atoms with Gasteiger partial charge in [0.25, 0.3) is 5.89 Å². The van der Waals surface area contributed by atoms with E-state index in [9.17, 15) is 10.1 Å². The third kappa shape index (κ3) is 2.45. The summed E-state index contributed by atoms with van der Waals surface area (Å²) in [5.41, 5.74) is 0.246. The van der Waals surface area contributed by atoms with E-state index in [2.05, 4.69) is 15.5 Å². The Kier molecular flexibility index (Phi) is 3.94. The molecular weight excluding hydrogens is 264 g/mol. The lowest BCUT2D eigenvalue weighted by atomic mass is 10.1. The van der Waals surface area contributed by atoms with E-state index in [1.54, 1.807) is 19.2 Å². The van der Waals surface area contributed by atoms with Crippen molar-refractivity contribution in [2.24, 2.45) is 0 Å². The van der Waals surface area contributed by atoms with Gasteiger partial charge in [-0.05, 0) is 20.0 Å². The number of methoxy groups -OCH3 is 1. The second kappa shape index (κ2) is 5.66. The molecular formula is C12H14N4O4. The highest BCUT2D eigenvalue weighted by Crippen LogP contribution is 2.37. The minimum atomic E-state index is -0.518. The molecule has 0 amide bonds. The van der Waals surface area contributed by atoms with Gasteiger partial charge in [0, 0.05) is 6.07 Å². The van der Waals surface area contributed by atoms with Crippen LogP contribution in [0.3, 0.4) is 0 Å². The summed E-state index contributed by atoms with van der Waals surface area (Å²) < 4.78 is 10.6. The zero-order chi connectivity index (χ0) is 14.7. The van der Waals surface area contributed by atoms with Crippen LogP contribution in [0.25, 0.3) is 11.5 Å². The topological polar surface area (TPSA) is 103 Å². The lowest BCUT2D eigenvalue weighted by molar-refractivity contribution is -0.385. The van der Waals surface area contributed by atoms with E-state index in [4.69, 9.17) is 9.15 Å². The minimum absolute atomic E-state index is 0.102. The summed E-state index contributed by atoms with van der Waals surface area (Å²) in [6, 6.07) is 4.42. The Hall–Kier alpha value is -2.48. The number of rotatable bonds is 5. The largest absolute Gasteiger partial charge is 0.490 e. The van der Waals surface area contributed by atoms with Crippen LogP contribution in [-0.2, 0) is 0 Å². The monoisotopic (exact) mass is 278 g/mol. The maximum atomic E-state index is 11.0. The van der Waals surface area contributed by atoms with Crippen LogP contribution in [0, 0.1) is 10.1 Å². The summed E-state index contributed by atoms with van der Waals surface area (Å²) in [6.45, 7) is 1.86. The van der Waals surface area contributed by atoms with Crippen LogP contribution >= 0.6 is 0 Å². The molecule has 1 heterocycles. The van der Waals surface area contributed by atoms with Crippen molar-refractivity contribution in [2.45, 2.75) is 13.0 Å². The van der Waals surface area contributed by atoms with Crippen molar-refractivity contribution in [1.29, 1.82) is 0 Å². The smallest absolute Gasteiger partial charge is 0.311 e. The Morgan fingerprint density at radius 2 is 2.20 bits per heavy atom. The van der Waals surface area contributed by atoms with E-state index in [0.717, 1.165) is 0 Å². The highest BCUT2D eigenvalue weighted by Gasteiger charge is 2.23. The van der Waals surface area contributed by atoms with E-state index in [1.807, 2.05) is 6.92 Å². The van der Waals surface area contributed by atoms with Crippen LogP contribution in [0.2, 0.25) is 0 Å². The number of nitrogens with zero attached hydrogens (tertiary/aromatic N) is 3. The number of ether oxygens (including phenoxy) is 1. The zero-order valence-corrected chi connectivity index (χ0v) is 11.3. The highest BCUT2D eigenvalue weighted by molar-refractivity contribution is 5.69. The van der Waals surface area contributed by atoms with Crippen LogP contribution in [0.5, 0.6) is 5.75 Å². The third-order valence-corrected chi connectivity index (χ3v) is 2.87. The maximum absolute atomic E-state index is 11.0. The SMILES string of the molecule is CNC(C)c1nnc(-c2cccc([N+](=O)[O-])c2OC)o1. The molecule has 0 aliphatic carbocycles. The number of aromatic nitrogens is 2. The van der Waals surface area contributed by atoms with Crippen LogP contribution in [-0.4, -0.2) is 29.3 Å². The molecule has 0 spiro atoms. The molecule has 0 saturated carbocycles. The fourth-order valence-electron chi connectivity index (χ4n) is 1.69. The maximum Gasteiger partial charge on any atom is 0.311 e. The first-order chi connectivity index (χ1) is 9.58. The van der Waals surface area contributed by atoms with Crippen molar-refractivity contribution in [3.63, 3.8) is 0 Å². The summed E-state index contributed by atoms with van der Waals surface area (Å²) in [5.74, 6) is 0.684. The molecule has 8 heteroatoms. The molecule has 0 aliphatic rings. The standard InChI is InChI=1S/C12H14N4O4/c1-7(13-2)11-14-15-12(20-11)8-5-4-6-9(16(17)18)10(8)19-3/h4-7,13H,1-3H3. The second-order valence-corrected chi connectivity index (χ2v) is 4.07. The van der Waals surface area contributed by atoms with Crippen molar-refractivity contribution < 1.29 is 14.1 Å². The summed E-state index contributed by atoms with van der Waals surface area (Å²) in [4.78, 5) is 10.5. The highest BCUT2D eigenvalue weighted by atomic mass is 16.6. The van der Waals surface area contributed by atoms with E-state index in [1.165, 1.54) is 13.2 Å². The fourth-order valence-corrected chi connectivity index (χ4v) is 1.69. The molecule has 0 aliphatic heterocycles. The van der Waals surface area contributed by atoms with Crippen molar-refractivity contribution in [3.05, 3.63) is 34.2 Å². The number of benzene rings is 1. The first kappa shape index (κ1) is 13.9. The average Bonchev–Trinajstić information content (AvgIpc) is 2.95. The Labute approximate surface area is 114 Å². The van der Waals surface area contributed by atoms with Gasteiger partial charge in [-0.15, -0.1) is 10.2 Å². The number of para-hydroxylation sites is 1. The van der Waals surface area contributed by atoms with Gasteiger partial charge >= 0.3 is 5.69 Å². The molecule has 0 bridgehead atoms. The lowest BCUT2D eigenvalue weighted by Gasteiger charge is -2.05. The van der Waals surface area contributed by atoms with Gasteiger partial charge in [0.15, 0.2) is 0 Å². The molecule has 1 aromatic heterocycles. The fraction of sp³-hybridized carbons (Fsp3) is 0.333. The second-order valence-electron chi connectivity index (χ2n) is 4.07. The van der Waals surface area contributed by atoms with Gasteiger partial charge in [0.1, 0.15) is 0 Å². The predicted molar refractivity (Wildman–Crippen MR) is 70.4 cm³/mol. The molecule has 106 valence electrons. The number of hydrogen-bond donors (Lipinski definition) is 1. The van der Waals surface area contributed by atoms with Crippen LogP contribution in [0.4, 0.5) is 5.69 Å². The lowest BCUT2D eigenvalue weighted by Crippen LogP contribution is -2.12. The quantitative estimate of drug-likeness (QED) is 0.658. The van der Waals surface area contributed by atoms with E-state index in [-0.39, 0.29) is 23.4 Å². The number of nitrogens with one attached hydrogen (secondary N) is 1. The van der Waals surface area contributed by atoms with E-state index in [0.29, 0.717) is 11.5 Å². The third-order valence-electron chi connectivity index (χ3n) is 2.87. The molecule has 0 fully saturated rings. The molecule has 0 radical (unpaired) electrons. The molecule has 0 saturated heterocycles. The van der Waals surface area contributed by atoms with Crippen LogP contribution < -0.4 is 10.1 Å². The predicted octanol–water partition coefficient (Wildman–Crippen LogP) is 1.93. The van der Waals surface area contributed by atoms with Gasteiger partial charge in [-0.25, -0.2) is 0 Å². The van der Waals surface area contributed by atoms with Crippen molar-refractivity contribution in [2.75, 3.05) is 14.2 Å². The van der Waals surface area contributed by atoms with Crippen molar-refractivity contribution >= 4 is 5.69 Å². The van der Waals surface area contributed by atoms with Crippen molar-refractivity contribution in [3.8, 4) is 17.2 Å². The van der Waals surface area contributed by atoms with E-state index < -0.39 is 4.92 Å². The molecule has 8 nitrogen and oxygen atoms in total. The Balaban J connectivity index is 2.50. The molecule has 2 rings (SSSR count). The summed E-state index contributed by atoms with van der Waals surface area (Å²) in [5, 5.41) is 21.8. The molecule has 1 N–H and O–H groups in total. The number of nitro benzene ring substituents is 1. The average molecular weight is 278 g/mol. The number of nitro groups is 1. The van der Waals surface area contributed by atoms with Gasteiger partial charge in [-0.3, -0.25) is 10.1 Å².